The van der Waals surface area contributed by atoms with Crippen molar-refractivity contribution in [3.63, 3.8) is 0 Å². The van der Waals surface area contributed by atoms with Gasteiger partial charge in [-0.05, 0) is 43.2 Å². The fraction of sp³-hybridized carbons (Fsp3) is 0.407. The summed E-state index contributed by atoms with van der Waals surface area (Å²) in [6, 6.07) is 11.3. The molecular weight excluding hydrogens is 450 g/mol. The number of unbranched alkanes of at least 4 members (excludes halogenated alkanes) is 1. The molecule has 1 heterocycles. The van der Waals surface area contributed by atoms with Crippen LogP contribution < -0.4 is 14.2 Å². The third-order valence-corrected chi connectivity index (χ3v) is 5.75. The average molecular weight is 484 g/mol. The Balaban J connectivity index is 2.10. The van der Waals surface area contributed by atoms with E-state index >= 15 is 0 Å². The Hall–Kier alpha value is -3.52. The first-order valence-corrected chi connectivity index (χ1v) is 11.8. The highest BCUT2D eigenvalue weighted by Gasteiger charge is 2.46. The molecule has 2 aromatic carbocycles. The molecule has 1 aliphatic rings. The van der Waals surface area contributed by atoms with Gasteiger partial charge in [-0.1, -0.05) is 31.5 Å². The Kier molecular flexibility index (Phi) is 9.14. The largest absolute Gasteiger partial charge is 0.507 e. The van der Waals surface area contributed by atoms with Gasteiger partial charge in [0.15, 0.2) is 11.5 Å². The summed E-state index contributed by atoms with van der Waals surface area (Å²) in [5.74, 6) is -0.124. The summed E-state index contributed by atoms with van der Waals surface area (Å²) in [5, 5.41) is 11.3. The minimum atomic E-state index is -0.820. The molecule has 2 aromatic rings. The van der Waals surface area contributed by atoms with Crippen LogP contribution in [0.25, 0.3) is 5.76 Å². The third kappa shape index (κ3) is 5.77. The average Bonchev–Trinajstić information content (AvgIpc) is 3.12. The second kappa shape index (κ2) is 12.3. The first-order valence-electron chi connectivity index (χ1n) is 11.8. The predicted molar refractivity (Wildman–Crippen MR) is 132 cm³/mol. The Morgan fingerprint density at radius 3 is 2.49 bits per heavy atom. The van der Waals surface area contributed by atoms with E-state index in [0.29, 0.717) is 41.6 Å². The highest BCUT2D eigenvalue weighted by molar-refractivity contribution is 6.46. The molecule has 8 nitrogen and oxygen atoms in total. The SMILES string of the molecule is CCCCOc1cccc(C(O)=C2C(=O)C(=O)N(CCOC)C2c2ccc(OCC)c(OC)c2)c1. The molecule has 8 heteroatoms. The van der Waals surface area contributed by atoms with Crippen LogP contribution in [0.4, 0.5) is 0 Å². The quantitative estimate of drug-likeness (QED) is 0.208. The smallest absolute Gasteiger partial charge is 0.295 e. The van der Waals surface area contributed by atoms with Crippen molar-refractivity contribution >= 4 is 17.4 Å². The number of aliphatic hydroxyl groups is 1. The van der Waals surface area contributed by atoms with Gasteiger partial charge in [0.2, 0.25) is 0 Å². The van der Waals surface area contributed by atoms with Crippen LogP contribution in [-0.2, 0) is 14.3 Å². The van der Waals surface area contributed by atoms with E-state index in [-0.39, 0.29) is 24.5 Å². The van der Waals surface area contributed by atoms with Gasteiger partial charge in [-0.25, -0.2) is 0 Å². The number of ether oxygens (including phenoxy) is 4. The third-order valence-electron chi connectivity index (χ3n) is 5.75. The number of amides is 1. The molecule has 0 bridgehead atoms. The molecule has 35 heavy (non-hydrogen) atoms. The van der Waals surface area contributed by atoms with Crippen LogP contribution in [0, 0.1) is 0 Å². The number of carbonyl (C=O) groups is 2. The van der Waals surface area contributed by atoms with Crippen molar-refractivity contribution in [3.8, 4) is 17.2 Å². The molecule has 0 aromatic heterocycles. The van der Waals surface area contributed by atoms with Crippen molar-refractivity contribution in [1.82, 2.24) is 4.90 Å². The van der Waals surface area contributed by atoms with E-state index in [1.165, 1.54) is 19.1 Å². The minimum Gasteiger partial charge on any atom is -0.507 e. The molecule has 0 radical (unpaired) electrons. The second-order valence-electron chi connectivity index (χ2n) is 8.06. The van der Waals surface area contributed by atoms with Gasteiger partial charge >= 0.3 is 0 Å². The molecule has 1 fully saturated rings. The summed E-state index contributed by atoms with van der Waals surface area (Å²) in [4.78, 5) is 27.6. The summed E-state index contributed by atoms with van der Waals surface area (Å²) in [6.45, 7) is 5.36. The standard InChI is InChI=1S/C27H33NO7/c1-5-7-14-35-20-10-8-9-19(16-20)25(29)23-24(28(13-15-32-3)27(31)26(23)30)18-11-12-21(34-6-2)22(17-18)33-4/h8-12,16-17,24,29H,5-7,13-15H2,1-4H3. The number of hydrogen-bond donors (Lipinski definition) is 1. The predicted octanol–water partition coefficient (Wildman–Crippen LogP) is 4.34. The maximum Gasteiger partial charge on any atom is 0.295 e. The minimum absolute atomic E-state index is 0.00280. The summed E-state index contributed by atoms with van der Waals surface area (Å²) in [7, 11) is 3.04. The Bertz CT molecular complexity index is 1080. The number of carbonyl (C=O) groups excluding carboxylic acids is 2. The number of methoxy groups -OCH3 is 2. The first-order chi connectivity index (χ1) is 17.0. The van der Waals surface area contributed by atoms with Gasteiger partial charge < -0.3 is 29.0 Å². The van der Waals surface area contributed by atoms with Crippen LogP contribution in [0.3, 0.4) is 0 Å². The molecule has 1 N–H and O–H groups in total. The van der Waals surface area contributed by atoms with Crippen LogP contribution in [0.15, 0.2) is 48.0 Å². The lowest BCUT2D eigenvalue weighted by Crippen LogP contribution is -2.32. The molecule has 188 valence electrons. The Morgan fingerprint density at radius 1 is 1.00 bits per heavy atom. The van der Waals surface area contributed by atoms with Crippen molar-refractivity contribution in [1.29, 1.82) is 0 Å². The lowest BCUT2D eigenvalue weighted by molar-refractivity contribution is -0.140. The highest BCUT2D eigenvalue weighted by atomic mass is 16.5. The number of nitrogens with zero attached hydrogens (tertiary/aromatic N) is 1. The van der Waals surface area contributed by atoms with E-state index in [4.69, 9.17) is 18.9 Å². The zero-order valence-corrected chi connectivity index (χ0v) is 20.7. The van der Waals surface area contributed by atoms with E-state index in [1.807, 2.05) is 6.92 Å². The lowest BCUT2D eigenvalue weighted by Gasteiger charge is -2.25. The lowest BCUT2D eigenvalue weighted by atomic mass is 9.95. The van der Waals surface area contributed by atoms with Crippen molar-refractivity contribution in [2.24, 2.45) is 0 Å². The van der Waals surface area contributed by atoms with Crippen LogP contribution >= 0.6 is 0 Å². The molecule has 1 unspecified atom stereocenters. The van der Waals surface area contributed by atoms with Crippen LogP contribution in [0.5, 0.6) is 17.2 Å². The van der Waals surface area contributed by atoms with E-state index in [9.17, 15) is 14.7 Å². The fourth-order valence-electron chi connectivity index (χ4n) is 4.00. The van der Waals surface area contributed by atoms with Gasteiger partial charge in [0.05, 0.1) is 38.5 Å². The maximum atomic E-state index is 13.2. The van der Waals surface area contributed by atoms with E-state index in [2.05, 4.69) is 6.92 Å². The van der Waals surface area contributed by atoms with Crippen molar-refractivity contribution in [2.75, 3.05) is 40.6 Å². The molecule has 1 atom stereocenters. The number of rotatable bonds is 12. The molecule has 1 aliphatic heterocycles. The van der Waals surface area contributed by atoms with E-state index in [0.717, 1.165) is 12.8 Å². The normalized spacial score (nSPS) is 17.0. The highest BCUT2D eigenvalue weighted by Crippen LogP contribution is 2.42. The van der Waals surface area contributed by atoms with Gasteiger partial charge in [0.1, 0.15) is 11.5 Å². The van der Waals surface area contributed by atoms with Gasteiger partial charge in [0.25, 0.3) is 11.7 Å². The molecule has 1 amide bonds. The van der Waals surface area contributed by atoms with Gasteiger partial charge in [-0.3, -0.25) is 9.59 Å². The summed E-state index contributed by atoms with van der Waals surface area (Å²) in [6.07, 6.45) is 1.90. The fourth-order valence-corrected chi connectivity index (χ4v) is 4.00. The zero-order valence-electron chi connectivity index (χ0n) is 20.7. The molecule has 0 aliphatic carbocycles. The molecule has 0 spiro atoms. The van der Waals surface area contributed by atoms with Crippen LogP contribution in [-0.4, -0.2) is 62.3 Å². The van der Waals surface area contributed by atoms with Crippen molar-refractivity contribution in [3.05, 3.63) is 59.2 Å². The van der Waals surface area contributed by atoms with Gasteiger partial charge in [0, 0.05) is 19.2 Å². The van der Waals surface area contributed by atoms with E-state index < -0.39 is 17.7 Å². The number of aliphatic hydroxyl groups excluding tert-OH is 1. The second-order valence-corrected chi connectivity index (χ2v) is 8.06. The maximum absolute atomic E-state index is 13.2. The number of likely N-dealkylation sites (tertiary alicyclic amines) is 1. The topological polar surface area (TPSA) is 94.5 Å². The number of benzene rings is 2. The summed E-state index contributed by atoms with van der Waals surface area (Å²) < 4.78 is 22.0. The van der Waals surface area contributed by atoms with E-state index in [1.54, 1.807) is 42.5 Å². The van der Waals surface area contributed by atoms with Crippen molar-refractivity contribution in [2.45, 2.75) is 32.7 Å². The number of ketones is 1. The number of hydrogen-bond acceptors (Lipinski definition) is 7. The van der Waals surface area contributed by atoms with Crippen molar-refractivity contribution < 1.29 is 33.6 Å². The molecule has 1 saturated heterocycles. The van der Waals surface area contributed by atoms with Crippen LogP contribution in [0.2, 0.25) is 0 Å². The van der Waals surface area contributed by atoms with Gasteiger partial charge in [-0.2, -0.15) is 0 Å². The first kappa shape index (κ1) is 26.1. The summed E-state index contributed by atoms with van der Waals surface area (Å²) in [5.41, 5.74) is 1.01. The Labute approximate surface area is 206 Å². The van der Waals surface area contributed by atoms with Gasteiger partial charge in [-0.15, -0.1) is 0 Å². The number of Topliss-reactive ketones (excluding diaryl/α,β-unsaturated/α-hetero) is 1. The molecule has 0 saturated carbocycles. The van der Waals surface area contributed by atoms with Crippen LogP contribution in [0.1, 0.15) is 43.9 Å². The zero-order chi connectivity index (χ0) is 25.4. The monoisotopic (exact) mass is 483 g/mol. The summed E-state index contributed by atoms with van der Waals surface area (Å²) >= 11 is 0. The molecule has 3 rings (SSSR count). The Morgan fingerprint density at radius 2 is 1.80 bits per heavy atom. The molecular formula is C27H33NO7.